The summed E-state index contributed by atoms with van der Waals surface area (Å²) in [6.45, 7) is 8.89. The van der Waals surface area contributed by atoms with Gasteiger partial charge in [-0.25, -0.2) is 15.8 Å². The van der Waals surface area contributed by atoms with Gasteiger partial charge in [-0.3, -0.25) is 0 Å². The second-order valence-corrected chi connectivity index (χ2v) is 6.36. The minimum absolute atomic E-state index is 0.315. The highest BCUT2D eigenvalue weighted by Gasteiger charge is 2.35. The van der Waals surface area contributed by atoms with E-state index in [1.807, 2.05) is 0 Å². The van der Waals surface area contributed by atoms with E-state index in [1.54, 1.807) is 6.33 Å². The lowest BCUT2D eigenvalue weighted by Gasteiger charge is -2.29. The first-order valence-electron chi connectivity index (χ1n) is 7.03. The van der Waals surface area contributed by atoms with Crippen LogP contribution in [-0.2, 0) is 0 Å². The Hall–Kier alpha value is -1.36. The molecule has 19 heavy (non-hydrogen) atoms. The Morgan fingerprint density at radius 2 is 2.00 bits per heavy atom. The summed E-state index contributed by atoms with van der Waals surface area (Å²) in [5.41, 5.74) is 4.05. The number of nitrogens with two attached hydrogens (primary N) is 1. The van der Waals surface area contributed by atoms with Crippen molar-refractivity contribution in [1.82, 2.24) is 9.97 Å². The van der Waals surface area contributed by atoms with Crippen LogP contribution in [0.2, 0.25) is 0 Å². The Balaban J connectivity index is 2.30. The quantitative estimate of drug-likeness (QED) is 0.575. The van der Waals surface area contributed by atoms with Crippen molar-refractivity contribution in [3.05, 3.63) is 11.9 Å². The van der Waals surface area contributed by atoms with Crippen LogP contribution in [0, 0.1) is 5.41 Å². The van der Waals surface area contributed by atoms with E-state index in [1.165, 1.54) is 19.3 Å². The van der Waals surface area contributed by atoms with Crippen molar-refractivity contribution in [2.45, 2.75) is 58.9 Å². The Morgan fingerprint density at radius 3 is 2.53 bits per heavy atom. The molecule has 5 nitrogen and oxygen atoms in total. The van der Waals surface area contributed by atoms with Gasteiger partial charge in [0, 0.05) is 11.6 Å². The average Bonchev–Trinajstić information content (AvgIpc) is 2.68. The molecule has 0 saturated heterocycles. The first-order chi connectivity index (χ1) is 8.95. The minimum Gasteiger partial charge on any atom is -0.366 e. The highest BCUT2D eigenvalue weighted by atomic mass is 15.3. The Labute approximate surface area is 115 Å². The van der Waals surface area contributed by atoms with Crippen LogP contribution in [0.4, 0.5) is 11.6 Å². The maximum atomic E-state index is 5.55. The van der Waals surface area contributed by atoms with Crippen LogP contribution in [-0.4, -0.2) is 16.0 Å². The minimum atomic E-state index is 0.315. The zero-order chi connectivity index (χ0) is 14.0. The number of rotatable bonds is 4. The van der Waals surface area contributed by atoms with Gasteiger partial charge in [-0.15, -0.1) is 0 Å². The van der Waals surface area contributed by atoms with Crippen LogP contribution in [0.5, 0.6) is 0 Å². The van der Waals surface area contributed by atoms with Crippen molar-refractivity contribution in [3.8, 4) is 0 Å². The summed E-state index contributed by atoms with van der Waals surface area (Å²) in [5, 5.41) is 3.61. The maximum absolute atomic E-state index is 5.55. The zero-order valence-corrected chi connectivity index (χ0v) is 12.3. The van der Waals surface area contributed by atoms with Gasteiger partial charge >= 0.3 is 0 Å². The van der Waals surface area contributed by atoms with Gasteiger partial charge in [-0.05, 0) is 24.2 Å². The van der Waals surface area contributed by atoms with E-state index in [4.69, 9.17) is 5.84 Å². The van der Waals surface area contributed by atoms with E-state index in [0.717, 1.165) is 11.4 Å². The fraction of sp³-hybridized carbons (Fsp3) is 0.714. The van der Waals surface area contributed by atoms with Crippen LogP contribution < -0.4 is 16.6 Å². The smallest absolute Gasteiger partial charge is 0.148 e. The number of hydrogen-bond acceptors (Lipinski definition) is 5. The van der Waals surface area contributed by atoms with Crippen LogP contribution >= 0.6 is 0 Å². The van der Waals surface area contributed by atoms with Gasteiger partial charge in [0.1, 0.15) is 18.0 Å². The lowest BCUT2D eigenvalue weighted by molar-refractivity contribution is 0.349. The predicted octanol–water partition coefficient (Wildman–Crippen LogP) is 2.88. The van der Waals surface area contributed by atoms with E-state index in [9.17, 15) is 0 Å². The Bertz CT molecular complexity index is 441. The number of nitrogen functional groups attached to an aromatic ring is 1. The molecule has 0 aromatic carbocycles. The van der Waals surface area contributed by atoms with E-state index >= 15 is 0 Å². The molecule has 1 heterocycles. The van der Waals surface area contributed by atoms with Crippen molar-refractivity contribution in [2.75, 3.05) is 10.7 Å². The monoisotopic (exact) mass is 263 g/mol. The molecule has 1 saturated carbocycles. The standard InChI is InChI=1S/C14H25N5/c1-9(2)11-12(16-8-17-13(11)19-15)18-10-6-5-7-14(10,3)4/h8-10H,5-7,15H2,1-4H3,(H2,16,17,18,19). The third kappa shape index (κ3) is 2.81. The summed E-state index contributed by atoms with van der Waals surface area (Å²) in [6, 6.07) is 0.463. The SMILES string of the molecule is CC(C)c1c(NN)ncnc1NC1CCCC1(C)C. The van der Waals surface area contributed by atoms with Gasteiger partial charge in [-0.1, -0.05) is 34.1 Å². The maximum Gasteiger partial charge on any atom is 0.148 e. The topological polar surface area (TPSA) is 75.9 Å². The molecule has 0 bridgehead atoms. The molecular weight excluding hydrogens is 238 g/mol. The van der Waals surface area contributed by atoms with Crippen molar-refractivity contribution in [1.29, 1.82) is 0 Å². The van der Waals surface area contributed by atoms with E-state index < -0.39 is 0 Å². The number of aromatic nitrogens is 2. The molecule has 0 radical (unpaired) electrons. The van der Waals surface area contributed by atoms with Crippen LogP contribution in [0.1, 0.15) is 58.4 Å². The summed E-state index contributed by atoms with van der Waals surface area (Å²) in [7, 11) is 0. The lowest BCUT2D eigenvalue weighted by Crippen LogP contribution is -2.32. The molecule has 1 aliphatic carbocycles. The highest BCUT2D eigenvalue weighted by molar-refractivity contribution is 5.59. The number of nitrogens with one attached hydrogen (secondary N) is 2. The van der Waals surface area contributed by atoms with Gasteiger partial charge in [0.25, 0.3) is 0 Å². The van der Waals surface area contributed by atoms with E-state index in [-0.39, 0.29) is 0 Å². The van der Waals surface area contributed by atoms with E-state index in [2.05, 4.69) is 48.4 Å². The summed E-state index contributed by atoms with van der Waals surface area (Å²) in [5.74, 6) is 7.50. The molecular formula is C14H25N5. The molecule has 106 valence electrons. The zero-order valence-electron chi connectivity index (χ0n) is 12.3. The largest absolute Gasteiger partial charge is 0.366 e. The molecule has 1 aromatic heterocycles. The number of hydrazine groups is 1. The van der Waals surface area contributed by atoms with Crippen molar-refractivity contribution >= 4 is 11.6 Å². The molecule has 1 aliphatic rings. The normalized spacial score (nSPS) is 21.7. The van der Waals surface area contributed by atoms with Crippen molar-refractivity contribution < 1.29 is 0 Å². The Kier molecular flexibility index (Phi) is 3.94. The fourth-order valence-electron chi connectivity index (χ4n) is 2.93. The van der Waals surface area contributed by atoms with Gasteiger partial charge in [0.05, 0.1) is 0 Å². The second-order valence-electron chi connectivity index (χ2n) is 6.36. The van der Waals surface area contributed by atoms with Crippen LogP contribution in [0.3, 0.4) is 0 Å². The van der Waals surface area contributed by atoms with Crippen LogP contribution in [0.15, 0.2) is 6.33 Å². The number of hydrogen-bond donors (Lipinski definition) is 3. The molecule has 4 N–H and O–H groups in total. The Morgan fingerprint density at radius 1 is 1.32 bits per heavy atom. The number of anilines is 2. The summed E-state index contributed by atoms with van der Waals surface area (Å²) >= 11 is 0. The molecule has 0 aliphatic heterocycles. The van der Waals surface area contributed by atoms with Crippen molar-refractivity contribution in [3.63, 3.8) is 0 Å². The van der Waals surface area contributed by atoms with Crippen molar-refractivity contribution in [2.24, 2.45) is 11.3 Å². The molecule has 1 atom stereocenters. The lowest BCUT2D eigenvalue weighted by atomic mass is 9.87. The van der Waals surface area contributed by atoms with Gasteiger partial charge < -0.3 is 10.7 Å². The van der Waals surface area contributed by atoms with Crippen LogP contribution in [0.25, 0.3) is 0 Å². The molecule has 1 fully saturated rings. The summed E-state index contributed by atoms with van der Waals surface area (Å²) < 4.78 is 0. The molecule has 0 amide bonds. The predicted molar refractivity (Wildman–Crippen MR) is 79.0 cm³/mol. The summed E-state index contributed by atoms with van der Waals surface area (Å²) in [4.78, 5) is 8.62. The summed E-state index contributed by atoms with van der Waals surface area (Å²) in [6.07, 6.45) is 5.29. The first-order valence-corrected chi connectivity index (χ1v) is 7.03. The third-order valence-corrected chi connectivity index (χ3v) is 4.17. The molecule has 1 aromatic rings. The van der Waals surface area contributed by atoms with E-state index in [0.29, 0.717) is 23.2 Å². The highest BCUT2D eigenvalue weighted by Crippen LogP contribution is 2.40. The van der Waals surface area contributed by atoms with Gasteiger partial charge in [-0.2, -0.15) is 0 Å². The average molecular weight is 263 g/mol. The molecule has 1 unspecified atom stereocenters. The van der Waals surface area contributed by atoms with Gasteiger partial charge in [0.15, 0.2) is 0 Å². The first kappa shape index (κ1) is 14.1. The third-order valence-electron chi connectivity index (χ3n) is 4.17. The molecule has 0 spiro atoms. The molecule has 2 rings (SSSR count). The van der Waals surface area contributed by atoms with Gasteiger partial charge in [0.2, 0.25) is 0 Å². The molecule has 5 heteroatoms. The second kappa shape index (κ2) is 5.33. The fourth-order valence-corrected chi connectivity index (χ4v) is 2.93. The number of nitrogens with zero attached hydrogens (tertiary/aromatic N) is 2.